The van der Waals surface area contributed by atoms with Gasteiger partial charge in [-0.25, -0.2) is 4.39 Å². The van der Waals surface area contributed by atoms with Crippen LogP contribution in [0.3, 0.4) is 0 Å². The second-order valence-corrected chi connectivity index (χ2v) is 1.87. The summed E-state index contributed by atoms with van der Waals surface area (Å²) in [7, 11) is 0. The van der Waals surface area contributed by atoms with Crippen LogP contribution in [0, 0.1) is 0 Å². The van der Waals surface area contributed by atoms with Gasteiger partial charge in [0.15, 0.2) is 0 Å². The Hall–Kier alpha value is -0.400. The third-order valence-electron chi connectivity index (χ3n) is 1.01. The molecule has 0 aromatic carbocycles. The molecule has 0 heterocycles. The van der Waals surface area contributed by atoms with E-state index in [0.29, 0.717) is 12.8 Å². The Kier molecular flexibility index (Phi) is 5.48. The van der Waals surface area contributed by atoms with Gasteiger partial charge in [0.2, 0.25) is 0 Å². The second-order valence-electron chi connectivity index (χ2n) is 1.87. The Bertz CT molecular complexity index is 79.0. The predicted octanol–water partition coefficient (Wildman–Crippen LogP) is 2.65. The monoisotopic (exact) mass is 134 g/mol. The van der Waals surface area contributed by atoms with Crippen LogP contribution in [0.25, 0.3) is 0 Å². The fourth-order valence-electron chi connectivity index (χ4n) is 0.577. The molecule has 2 heteroatoms. The van der Waals surface area contributed by atoms with Crippen LogP contribution >= 0.6 is 0 Å². The van der Waals surface area contributed by atoms with Crippen molar-refractivity contribution < 1.29 is 8.78 Å². The molecule has 0 bridgehead atoms. The van der Waals surface area contributed by atoms with Gasteiger partial charge in [-0.3, -0.25) is 4.39 Å². The highest BCUT2D eigenvalue weighted by Crippen LogP contribution is 2.02. The van der Waals surface area contributed by atoms with Gasteiger partial charge in [-0.1, -0.05) is 12.2 Å². The first kappa shape index (κ1) is 8.60. The summed E-state index contributed by atoms with van der Waals surface area (Å²) in [6, 6.07) is 0. The number of allylic oxidation sites excluding steroid dienone is 2. The van der Waals surface area contributed by atoms with Crippen molar-refractivity contribution in [3.8, 4) is 0 Å². The molecule has 0 aromatic heterocycles. The van der Waals surface area contributed by atoms with Crippen molar-refractivity contribution in [3.63, 3.8) is 0 Å². The Balaban J connectivity index is 3.15. The van der Waals surface area contributed by atoms with E-state index in [9.17, 15) is 8.78 Å². The Morgan fingerprint density at radius 1 is 1.56 bits per heavy atom. The Labute approximate surface area is 54.6 Å². The minimum atomic E-state index is -0.953. The molecule has 0 amide bonds. The van der Waals surface area contributed by atoms with E-state index in [2.05, 4.69) is 0 Å². The average Bonchev–Trinajstić information content (AvgIpc) is 1.85. The van der Waals surface area contributed by atoms with E-state index >= 15 is 0 Å². The van der Waals surface area contributed by atoms with Crippen LogP contribution in [-0.2, 0) is 0 Å². The third kappa shape index (κ3) is 5.47. The minimum absolute atomic E-state index is 0.306. The lowest BCUT2D eigenvalue weighted by molar-refractivity contribution is 0.346. The lowest BCUT2D eigenvalue weighted by atomic mass is 10.2. The molecule has 0 radical (unpaired) electrons. The van der Waals surface area contributed by atoms with Gasteiger partial charge in [-0.05, 0) is 19.8 Å². The first-order chi connectivity index (χ1) is 4.31. The number of alkyl halides is 2. The van der Waals surface area contributed by atoms with Crippen molar-refractivity contribution in [2.24, 2.45) is 0 Å². The molecule has 0 aliphatic heterocycles. The number of halogens is 2. The van der Waals surface area contributed by atoms with E-state index in [1.165, 1.54) is 6.08 Å². The third-order valence-corrected chi connectivity index (χ3v) is 1.01. The molecule has 0 saturated carbocycles. The van der Waals surface area contributed by atoms with Crippen molar-refractivity contribution >= 4 is 0 Å². The van der Waals surface area contributed by atoms with Crippen LogP contribution in [0.1, 0.15) is 19.8 Å². The van der Waals surface area contributed by atoms with Gasteiger partial charge in [0.05, 0.1) is 6.67 Å². The molecular formula is C7H12F2. The van der Waals surface area contributed by atoms with E-state index in [4.69, 9.17) is 0 Å². The van der Waals surface area contributed by atoms with Crippen molar-refractivity contribution in [1.82, 2.24) is 0 Å². The molecule has 54 valence electrons. The van der Waals surface area contributed by atoms with Gasteiger partial charge >= 0.3 is 0 Å². The largest absolute Gasteiger partial charge is 0.251 e. The van der Waals surface area contributed by atoms with Gasteiger partial charge in [0.25, 0.3) is 0 Å². The van der Waals surface area contributed by atoms with Gasteiger partial charge < -0.3 is 0 Å². The highest BCUT2D eigenvalue weighted by atomic mass is 19.1. The molecular weight excluding hydrogens is 122 g/mol. The maximum absolute atomic E-state index is 12.3. The first-order valence-electron chi connectivity index (χ1n) is 3.14. The normalized spacial score (nSPS) is 14.6. The summed E-state index contributed by atoms with van der Waals surface area (Å²) in [6.07, 6.45) is 2.76. The van der Waals surface area contributed by atoms with Gasteiger partial charge in [0.1, 0.15) is 6.17 Å². The summed E-state index contributed by atoms with van der Waals surface area (Å²) in [5, 5.41) is 0. The molecule has 0 spiro atoms. The van der Waals surface area contributed by atoms with Crippen molar-refractivity contribution in [2.75, 3.05) is 6.67 Å². The molecule has 9 heavy (non-hydrogen) atoms. The Morgan fingerprint density at radius 3 is 2.67 bits per heavy atom. The summed E-state index contributed by atoms with van der Waals surface area (Å²) in [5.41, 5.74) is 0. The van der Waals surface area contributed by atoms with Crippen LogP contribution in [-0.4, -0.2) is 12.8 Å². The first-order valence-corrected chi connectivity index (χ1v) is 3.14. The zero-order chi connectivity index (χ0) is 7.11. The molecule has 0 N–H and O–H groups in total. The quantitative estimate of drug-likeness (QED) is 0.518. The summed E-state index contributed by atoms with van der Waals surface area (Å²) < 4.78 is 23.7. The molecule has 0 aliphatic rings. The molecule has 1 atom stereocenters. The number of rotatable bonds is 4. The molecule has 0 rings (SSSR count). The zero-order valence-electron chi connectivity index (χ0n) is 5.61. The maximum Gasteiger partial charge on any atom is 0.118 e. The highest BCUT2D eigenvalue weighted by Gasteiger charge is 1.98. The molecule has 0 saturated heterocycles. The van der Waals surface area contributed by atoms with Crippen molar-refractivity contribution in [3.05, 3.63) is 12.2 Å². The van der Waals surface area contributed by atoms with Crippen molar-refractivity contribution in [1.29, 1.82) is 0 Å². The summed E-state index contributed by atoms with van der Waals surface area (Å²) >= 11 is 0. The molecule has 0 aliphatic carbocycles. The van der Waals surface area contributed by atoms with E-state index in [-0.39, 0.29) is 0 Å². The second kappa shape index (κ2) is 5.73. The fraction of sp³-hybridized carbons (Fsp3) is 0.714. The van der Waals surface area contributed by atoms with Gasteiger partial charge in [-0.15, -0.1) is 0 Å². The number of hydrogen-bond acceptors (Lipinski definition) is 0. The summed E-state index contributed by atoms with van der Waals surface area (Å²) in [5.74, 6) is 0. The minimum Gasteiger partial charge on any atom is -0.251 e. The number of hydrogen-bond donors (Lipinski definition) is 0. The zero-order valence-corrected chi connectivity index (χ0v) is 5.61. The maximum atomic E-state index is 12.3. The van der Waals surface area contributed by atoms with Crippen LogP contribution in [0.2, 0.25) is 0 Å². The van der Waals surface area contributed by atoms with E-state index in [1.54, 1.807) is 13.0 Å². The highest BCUT2D eigenvalue weighted by molar-refractivity contribution is 4.85. The smallest absolute Gasteiger partial charge is 0.118 e. The van der Waals surface area contributed by atoms with Gasteiger partial charge in [-0.2, -0.15) is 0 Å². The summed E-state index contributed by atoms with van der Waals surface area (Å²) in [6.45, 7) is 1.33. The van der Waals surface area contributed by atoms with E-state index in [0.717, 1.165) is 0 Å². The average molecular weight is 134 g/mol. The van der Waals surface area contributed by atoms with Gasteiger partial charge in [0, 0.05) is 0 Å². The molecule has 0 aromatic rings. The standard InChI is InChI=1S/C7H12F2/c1-2-4-7(9)5-3-6-8/h2,4,7H,3,5-6H2,1H3/b4-2-. The topological polar surface area (TPSA) is 0 Å². The lowest BCUT2D eigenvalue weighted by Gasteiger charge is -1.97. The van der Waals surface area contributed by atoms with Crippen molar-refractivity contribution in [2.45, 2.75) is 25.9 Å². The molecule has 0 nitrogen and oxygen atoms in total. The Morgan fingerprint density at radius 2 is 2.22 bits per heavy atom. The summed E-state index contributed by atoms with van der Waals surface area (Å²) in [4.78, 5) is 0. The van der Waals surface area contributed by atoms with Crippen LogP contribution < -0.4 is 0 Å². The van der Waals surface area contributed by atoms with Crippen LogP contribution in [0.5, 0.6) is 0 Å². The predicted molar refractivity (Wildman–Crippen MR) is 34.9 cm³/mol. The molecule has 0 fully saturated rings. The SMILES string of the molecule is C/C=C\C(F)CCCF. The van der Waals surface area contributed by atoms with Crippen LogP contribution in [0.4, 0.5) is 8.78 Å². The van der Waals surface area contributed by atoms with E-state index < -0.39 is 12.8 Å². The van der Waals surface area contributed by atoms with E-state index in [1.807, 2.05) is 0 Å². The lowest BCUT2D eigenvalue weighted by Crippen LogP contribution is -1.94. The van der Waals surface area contributed by atoms with Crippen LogP contribution in [0.15, 0.2) is 12.2 Å². The molecule has 1 unspecified atom stereocenters. The fourth-order valence-corrected chi connectivity index (χ4v) is 0.577.